The van der Waals surface area contributed by atoms with Crippen LogP contribution in [0.25, 0.3) is 16.9 Å². The maximum Gasteiger partial charge on any atom is 0.320 e. The molecule has 0 aliphatic heterocycles. The van der Waals surface area contributed by atoms with Gasteiger partial charge in [-0.1, -0.05) is 55.5 Å². The van der Waals surface area contributed by atoms with Crippen molar-refractivity contribution in [1.82, 2.24) is 24.9 Å². The number of amides is 2. The smallest absolute Gasteiger partial charge is 0.320 e. The van der Waals surface area contributed by atoms with Gasteiger partial charge in [-0.2, -0.15) is 10.2 Å². The lowest BCUT2D eigenvalue weighted by Gasteiger charge is -2.20. The summed E-state index contributed by atoms with van der Waals surface area (Å²) in [5.74, 6) is 0.626. The Hall–Kier alpha value is -3.87. The molecule has 0 fully saturated rings. The van der Waals surface area contributed by atoms with Gasteiger partial charge in [0.1, 0.15) is 11.5 Å². The second-order valence-corrected chi connectivity index (χ2v) is 8.27. The van der Waals surface area contributed by atoms with Crippen molar-refractivity contribution in [2.75, 3.05) is 5.32 Å². The van der Waals surface area contributed by atoms with Gasteiger partial charge in [0.2, 0.25) is 0 Å². The third-order valence-corrected chi connectivity index (χ3v) is 5.76. The normalized spacial score (nSPS) is 18.5. The molecular formula is C26H30N6O. The number of nitrogens with zero attached hydrogens (tertiary/aromatic N) is 4. The number of aromatic nitrogens is 4. The van der Waals surface area contributed by atoms with E-state index < -0.39 is 0 Å². The van der Waals surface area contributed by atoms with Gasteiger partial charge in [-0.15, -0.1) is 0 Å². The highest BCUT2D eigenvalue weighted by atomic mass is 16.2. The number of para-hydroxylation sites is 1. The zero-order chi connectivity index (χ0) is 23.2. The average Bonchev–Trinajstić information content (AvgIpc) is 3.38. The third kappa shape index (κ3) is 5.31. The summed E-state index contributed by atoms with van der Waals surface area (Å²) in [6.07, 6.45) is 15.8. The van der Waals surface area contributed by atoms with Gasteiger partial charge in [0.15, 0.2) is 0 Å². The van der Waals surface area contributed by atoms with E-state index in [1.165, 1.54) is 0 Å². The largest absolute Gasteiger partial charge is 0.331 e. The first-order valence-corrected chi connectivity index (χ1v) is 11.3. The van der Waals surface area contributed by atoms with Gasteiger partial charge in [0.25, 0.3) is 0 Å². The average molecular weight is 443 g/mol. The monoisotopic (exact) mass is 442 g/mol. The molecule has 1 aromatic carbocycles. The molecule has 0 spiro atoms. The van der Waals surface area contributed by atoms with Crippen LogP contribution >= 0.6 is 0 Å². The van der Waals surface area contributed by atoms with Gasteiger partial charge in [-0.05, 0) is 43.9 Å². The van der Waals surface area contributed by atoms with Crippen molar-refractivity contribution < 1.29 is 4.79 Å². The van der Waals surface area contributed by atoms with E-state index in [2.05, 4.69) is 28.4 Å². The lowest BCUT2D eigenvalue weighted by atomic mass is 10.00. The number of allylic oxidation sites excluding steroid dienone is 3. The number of carbonyl (C=O) groups is 1. The van der Waals surface area contributed by atoms with E-state index in [1.54, 1.807) is 15.6 Å². The number of hydrogen-bond acceptors (Lipinski definition) is 3. The minimum absolute atomic E-state index is 0.126. The van der Waals surface area contributed by atoms with E-state index in [4.69, 9.17) is 5.10 Å². The van der Waals surface area contributed by atoms with Crippen molar-refractivity contribution in [3.8, 4) is 16.9 Å². The predicted molar refractivity (Wildman–Crippen MR) is 132 cm³/mol. The SMILES string of the molecule is C=C1/C=C\C=C/CCCC[C@H]1NC(=O)Nc1c(C)c(-c2cnn(C)c2)nn1-c1ccccc1. The van der Waals surface area contributed by atoms with Crippen LogP contribution in [0.3, 0.4) is 0 Å². The van der Waals surface area contributed by atoms with E-state index >= 15 is 0 Å². The fraction of sp³-hybridized carbons (Fsp3) is 0.269. The molecule has 3 aromatic rings. The molecule has 0 bridgehead atoms. The fourth-order valence-electron chi connectivity index (χ4n) is 3.95. The molecule has 0 saturated heterocycles. The first kappa shape index (κ1) is 22.3. The molecule has 0 unspecified atom stereocenters. The molecule has 4 rings (SSSR count). The number of aryl methyl sites for hydroxylation is 1. The Bertz CT molecular complexity index is 1180. The maximum atomic E-state index is 13.1. The first-order chi connectivity index (χ1) is 16.0. The molecule has 33 heavy (non-hydrogen) atoms. The molecule has 7 heteroatoms. The molecule has 1 aliphatic rings. The van der Waals surface area contributed by atoms with Crippen LogP contribution < -0.4 is 10.6 Å². The first-order valence-electron chi connectivity index (χ1n) is 11.3. The van der Waals surface area contributed by atoms with E-state index in [0.29, 0.717) is 5.82 Å². The van der Waals surface area contributed by atoms with Crippen molar-refractivity contribution in [2.45, 2.75) is 38.6 Å². The zero-order valence-corrected chi connectivity index (χ0v) is 19.2. The highest BCUT2D eigenvalue weighted by Gasteiger charge is 2.21. The van der Waals surface area contributed by atoms with Crippen molar-refractivity contribution in [1.29, 1.82) is 0 Å². The van der Waals surface area contributed by atoms with Crippen LogP contribution in [-0.4, -0.2) is 31.6 Å². The summed E-state index contributed by atoms with van der Waals surface area (Å²) in [4.78, 5) is 13.1. The summed E-state index contributed by atoms with van der Waals surface area (Å²) in [7, 11) is 1.87. The Morgan fingerprint density at radius 1 is 1.18 bits per heavy atom. The lowest BCUT2D eigenvalue weighted by molar-refractivity contribution is 0.249. The number of rotatable bonds is 4. The summed E-state index contributed by atoms with van der Waals surface area (Å²) in [5.41, 5.74) is 4.30. The minimum Gasteiger partial charge on any atom is -0.331 e. The summed E-state index contributed by atoms with van der Waals surface area (Å²) < 4.78 is 3.51. The van der Waals surface area contributed by atoms with Crippen LogP contribution in [0.4, 0.5) is 10.6 Å². The second-order valence-electron chi connectivity index (χ2n) is 8.27. The summed E-state index contributed by atoms with van der Waals surface area (Å²) in [5, 5.41) is 15.2. The van der Waals surface area contributed by atoms with Crippen LogP contribution in [0.15, 0.2) is 79.2 Å². The lowest BCUT2D eigenvalue weighted by Crippen LogP contribution is -2.39. The molecule has 0 radical (unpaired) electrons. The van der Waals surface area contributed by atoms with E-state index in [9.17, 15) is 4.79 Å². The number of anilines is 1. The molecular weight excluding hydrogens is 412 g/mol. The Balaban J connectivity index is 1.61. The Kier molecular flexibility index (Phi) is 6.88. The molecule has 170 valence electrons. The van der Waals surface area contributed by atoms with Crippen molar-refractivity contribution in [2.24, 2.45) is 7.05 Å². The Labute approximate surface area is 194 Å². The molecule has 2 amide bonds. The van der Waals surface area contributed by atoms with E-state index in [-0.39, 0.29) is 12.1 Å². The van der Waals surface area contributed by atoms with Gasteiger partial charge in [0, 0.05) is 24.4 Å². The summed E-state index contributed by atoms with van der Waals surface area (Å²) >= 11 is 0. The maximum absolute atomic E-state index is 13.1. The molecule has 2 heterocycles. The van der Waals surface area contributed by atoms with Crippen LogP contribution in [0.2, 0.25) is 0 Å². The van der Waals surface area contributed by atoms with Gasteiger partial charge < -0.3 is 5.32 Å². The van der Waals surface area contributed by atoms with Crippen LogP contribution in [0.1, 0.15) is 31.2 Å². The zero-order valence-electron chi connectivity index (χ0n) is 19.2. The number of nitrogens with one attached hydrogen (secondary N) is 2. The summed E-state index contributed by atoms with van der Waals surface area (Å²) in [6, 6.07) is 9.37. The standard InChI is InChI=1S/C26H30N6O/c1-19-13-9-6-4-5-7-12-16-23(19)28-26(33)29-25-20(2)24(21-17-27-31(3)18-21)30-32(25)22-14-10-8-11-15-22/h4,6,8-11,13-15,17-18,23H,1,5,7,12,16H2,2-3H3,(H2,28,29,33)/b6-4-,13-9-/t23-/m1/s1. The number of benzene rings is 1. The molecule has 0 saturated carbocycles. The topological polar surface area (TPSA) is 76.8 Å². The van der Waals surface area contributed by atoms with E-state index in [0.717, 1.165) is 53.8 Å². The van der Waals surface area contributed by atoms with Crippen molar-refractivity contribution in [3.05, 3.63) is 84.7 Å². The minimum atomic E-state index is -0.278. The highest BCUT2D eigenvalue weighted by molar-refractivity contribution is 5.91. The third-order valence-electron chi connectivity index (χ3n) is 5.76. The van der Waals surface area contributed by atoms with Crippen molar-refractivity contribution in [3.63, 3.8) is 0 Å². The fourth-order valence-corrected chi connectivity index (χ4v) is 3.95. The van der Waals surface area contributed by atoms with Crippen LogP contribution in [-0.2, 0) is 7.05 Å². The van der Waals surface area contributed by atoms with Gasteiger partial charge in [-0.25, -0.2) is 9.48 Å². The van der Waals surface area contributed by atoms with Gasteiger partial charge in [-0.3, -0.25) is 10.00 Å². The molecule has 2 aromatic heterocycles. The Morgan fingerprint density at radius 2 is 2.00 bits per heavy atom. The molecule has 1 aliphatic carbocycles. The molecule has 7 nitrogen and oxygen atoms in total. The predicted octanol–water partition coefficient (Wildman–Crippen LogP) is 5.31. The van der Waals surface area contributed by atoms with E-state index in [1.807, 2.05) is 68.7 Å². The molecule has 2 N–H and O–H groups in total. The Morgan fingerprint density at radius 3 is 2.76 bits per heavy atom. The highest BCUT2D eigenvalue weighted by Crippen LogP contribution is 2.30. The number of carbonyl (C=O) groups excluding carboxylic acids is 1. The molecule has 1 atom stereocenters. The second kappa shape index (κ2) is 10.2. The number of hydrogen-bond donors (Lipinski definition) is 2. The summed E-state index contributed by atoms with van der Waals surface area (Å²) in [6.45, 7) is 6.13. The van der Waals surface area contributed by atoms with Crippen molar-refractivity contribution >= 4 is 11.8 Å². The van der Waals surface area contributed by atoms with Gasteiger partial charge in [0.05, 0.1) is 17.9 Å². The quantitative estimate of drug-likeness (QED) is 0.575. The number of urea groups is 1. The van der Waals surface area contributed by atoms with Gasteiger partial charge >= 0.3 is 6.03 Å². The van der Waals surface area contributed by atoms with Crippen LogP contribution in [0, 0.1) is 6.92 Å². The van der Waals surface area contributed by atoms with Crippen LogP contribution in [0.5, 0.6) is 0 Å².